The summed E-state index contributed by atoms with van der Waals surface area (Å²) in [6.07, 6.45) is 4.07. The first-order valence-electron chi connectivity index (χ1n) is 13.3. The Hall–Kier alpha value is -4.49. The van der Waals surface area contributed by atoms with Crippen LogP contribution in [0.5, 0.6) is 11.5 Å². The minimum atomic E-state index is -1.19. The number of aliphatic hydroxyl groups excluding tert-OH is 1. The molecule has 0 unspecified atom stereocenters. The van der Waals surface area contributed by atoms with Crippen LogP contribution >= 0.6 is 11.6 Å². The molecule has 8 nitrogen and oxygen atoms in total. The molecule has 0 aliphatic heterocycles. The molecule has 10 heteroatoms. The van der Waals surface area contributed by atoms with Gasteiger partial charge in [0.05, 0.1) is 17.2 Å². The van der Waals surface area contributed by atoms with Crippen LogP contribution in [0, 0.1) is 17.1 Å². The number of carboxylic acid groups (broad SMARTS) is 1. The number of aliphatic carboxylic acids is 1. The van der Waals surface area contributed by atoms with Crippen LogP contribution in [-0.2, 0) is 24.4 Å². The second kappa shape index (κ2) is 13.0. The summed E-state index contributed by atoms with van der Waals surface area (Å²) in [4.78, 5) is 15.5. The first-order chi connectivity index (χ1) is 20.4. The first-order valence-corrected chi connectivity index (χ1v) is 13.7. The molecule has 2 atom stereocenters. The number of nitrogens with zero attached hydrogens (tertiary/aromatic N) is 2. The lowest BCUT2D eigenvalue weighted by Crippen LogP contribution is -2.39. The number of halogens is 2. The molecule has 214 valence electrons. The molecule has 1 heterocycles. The quantitative estimate of drug-likeness (QED) is 0.207. The molecule has 0 spiro atoms. The van der Waals surface area contributed by atoms with E-state index < -0.39 is 18.6 Å². The highest BCUT2D eigenvalue weighted by atomic mass is 35.5. The highest BCUT2D eigenvalue weighted by molar-refractivity contribution is 6.32. The standard InChI is InChI=1S/C32H27ClFN3O5/c33-26-11-21(16-37-28(17-38)32(39)40)30(41-18-20-10-19(13-35)14-36-15-20)12-31(26)42-29-9-8-23-22(5-3-6-25(23)29)24-4-1-2-7-27(24)34/h1-7,10-12,14-15,28-29,37-38H,8-9,16-18H2,(H,39,40)/t28-,29-/m1/s1. The van der Waals surface area contributed by atoms with Crippen molar-refractivity contribution in [3.63, 3.8) is 0 Å². The lowest BCUT2D eigenvalue weighted by Gasteiger charge is -2.20. The Morgan fingerprint density at radius 1 is 1.14 bits per heavy atom. The van der Waals surface area contributed by atoms with Crippen LogP contribution in [-0.4, -0.2) is 33.8 Å². The van der Waals surface area contributed by atoms with E-state index in [0.29, 0.717) is 51.6 Å². The van der Waals surface area contributed by atoms with E-state index in [0.717, 1.165) is 16.7 Å². The normalized spacial score (nSPS) is 14.6. The van der Waals surface area contributed by atoms with Crippen molar-refractivity contribution in [3.8, 4) is 28.7 Å². The van der Waals surface area contributed by atoms with E-state index in [-0.39, 0.29) is 25.1 Å². The number of pyridine rings is 1. The van der Waals surface area contributed by atoms with E-state index >= 15 is 0 Å². The van der Waals surface area contributed by atoms with Crippen LogP contribution in [0.1, 0.15) is 40.3 Å². The largest absolute Gasteiger partial charge is 0.488 e. The van der Waals surface area contributed by atoms with E-state index in [1.165, 1.54) is 12.3 Å². The fraction of sp³-hybridized carbons (Fsp3) is 0.219. The molecule has 1 aromatic heterocycles. The summed E-state index contributed by atoms with van der Waals surface area (Å²) in [6, 6.07) is 18.3. The molecule has 0 saturated heterocycles. The van der Waals surface area contributed by atoms with Gasteiger partial charge in [0.2, 0.25) is 0 Å². The summed E-state index contributed by atoms with van der Waals surface area (Å²) in [7, 11) is 0. The zero-order valence-corrected chi connectivity index (χ0v) is 23.1. The SMILES string of the molecule is N#Cc1cncc(COc2cc(O[C@@H]3CCc4c(-c5ccccc5F)cccc43)c(Cl)cc2CN[C@H](CO)C(=O)O)c1. The Morgan fingerprint density at radius 2 is 1.95 bits per heavy atom. The Labute approximate surface area is 246 Å². The van der Waals surface area contributed by atoms with Crippen molar-refractivity contribution in [1.82, 2.24) is 10.3 Å². The Morgan fingerprint density at radius 3 is 2.71 bits per heavy atom. The number of nitriles is 1. The maximum Gasteiger partial charge on any atom is 0.323 e. The second-order valence-corrected chi connectivity index (χ2v) is 10.2. The third-order valence-corrected chi connectivity index (χ3v) is 7.40. The Balaban J connectivity index is 1.43. The summed E-state index contributed by atoms with van der Waals surface area (Å²) in [6.45, 7) is -0.470. The van der Waals surface area contributed by atoms with Gasteiger partial charge in [-0.1, -0.05) is 48.0 Å². The average molecular weight is 588 g/mol. The highest BCUT2D eigenvalue weighted by Crippen LogP contribution is 2.43. The second-order valence-electron chi connectivity index (χ2n) is 9.83. The summed E-state index contributed by atoms with van der Waals surface area (Å²) in [5.41, 5.74) is 4.94. The van der Waals surface area contributed by atoms with Gasteiger partial charge in [-0.05, 0) is 47.7 Å². The molecule has 0 saturated carbocycles. The van der Waals surface area contributed by atoms with Crippen molar-refractivity contribution in [1.29, 1.82) is 5.26 Å². The third kappa shape index (κ3) is 6.37. The van der Waals surface area contributed by atoms with Gasteiger partial charge in [0, 0.05) is 41.7 Å². The van der Waals surface area contributed by atoms with Gasteiger partial charge in [-0.3, -0.25) is 15.1 Å². The molecule has 0 amide bonds. The number of ether oxygens (including phenoxy) is 2. The van der Waals surface area contributed by atoms with E-state index in [1.807, 2.05) is 30.3 Å². The van der Waals surface area contributed by atoms with Gasteiger partial charge in [0.1, 0.15) is 42.1 Å². The summed E-state index contributed by atoms with van der Waals surface area (Å²) >= 11 is 6.65. The monoisotopic (exact) mass is 587 g/mol. The van der Waals surface area contributed by atoms with Crippen LogP contribution in [0.2, 0.25) is 5.02 Å². The van der Waals surface area contributed by atoms with Crippen molar-refractivity contribution in [2.45, 2.75) is 38.1 Å². The van der Waals surface area contributed by atoms with Crippen molar-refractivity contribution >= 4 is 17.6 Å². The molecule has 5 rings (SSSR count). The minimum absolute atomic E-state index is 0.0433. The smallest absolute Gasteiger partial charge is 0.323 e. The number of hydrogen-bond donors (Lipinski definition) is 3. The van der Waals surface area contributed by atoms with Crippen LogP contribution < -0.4 is 14.8 Å². The Kier molecular flexibility index (Phi) is 8.98. The van der Waals surface area contributed by atoms with Crippen LogP contribution in [0.25, 0.3) is 11.1 Å². The molecule has 1 aliphatic rings. The number of nitrogens with one attached hydrogen (secondary N) is 1. The molecule has 0 radical (unpaired) electrons. The average Bonchev–Trinajstić information content (AvgIpc) is 3.41. The highest BCUT2D eigenvalue weighted by Gasteiger charge is 2.28. The van der Waals surface area contributed by atoms with E-state index in [1.54, 1.807) is 36.5 Å². The van der Waals surface area contributed by atoms with Crippen molar-refractivity contribution in [3.05, 3.63) is 112 Å². The molecule has 0 bridgehead atoms. The molecule has 42 heavy (non-hydrogen) atoms. The molecule has 0 fully saturated rings. The van der Waals surface area contributed by atoms with Crippen molar-refractivity contribution in [2.75, 3.05) is 6.61 Å². The van der Waals surface area contributed by atoms with Gasteiger partial charge in [-0.25, -0.2) is 4.39 Å². The molecule has 3 aromatic carbocycles. The Bertz CT molecular complexity index is 1660. The maximum atomic E-state index is 14.6. The number of benzene rings is 3. The molecular weight excluding hydrogens is 561 g/mol. The zero-order valence-electron chi connectivity index (χ0n) is 22.4. The van der Waals surface area contributed by atoms with Crippen molar-refractivity contribution < 1.29 is 28.9 Å². The van der Waals surface area contributed by atoms with Gasteiger partial charge >= 0.3 is 5.97 Å². The van der Waals surface area contributed by atoms with Crippen molar-refractivity contribution in [2.24, 2.45) is 0 Å². The topological polar surface area (TPSA) is 125 Å². The predicted octanol–water partition coefficient (Wildman–Crippen LogP) is 5.59. The first kappa shape index (κ1) is 29.0. The van der Waals surface area contributed by atoms with E-state index in [4.69, 9.17) is 21.1 Å². The van der Waals surface area contributed by atoms with Crippen LogP contribution in [0.15, 0.2) is 73.1 Å². The number of hydrogen-bond acceptors (Lipinski definition) is 7. The number of rotatable bonds is 11. The molecule has 4 aromatic rings. The van der Waals surface area contributed by atoms with Gasteiger partial charge in [-0.15, -0.1) is 0 Å². The van der Waals surface area contributed by atoms with Crippen LogP contribution in [0.4, 0.5) is 4.39 Å². The summed E-state index contributed by atoms with van der Waals surface area (Å²) in [5.74, 6) is -0.735. The predicted molar refractivity (Wildman–Crippen MR) is 154 cm³/mol. The fourth-order valence-corrected chi connectivity index (χ4v) is 5.25. The van der Waals surface area contributed by atoms with Gasteiger partial charge < -0.3 is 19.7 Å². The number of aliphatic hydroxyl groups is 1. The fourth-order valence-electron chi connectivity index (χ4n) is 5.01. The number of fused-ring (bicyclic) bond motifs is 1. The number of aromatic nitrogens is 1. The molecule has 1 aliphatic carbocycles. The summed E-state index contributed by atoms with van der Waals surface area (Å²) < 4.78 is 27.1. The zero-order chi connectivity index (χ0) is 29.6. The lowest BCUT2D eigenvalue weighted by molar-refractivity contribution is -0.140. The van der Waals surface area contributed by atoms with Gasteiger partial charge in [-0.2, -0.15) is 5.26 Å². The summed E-state index contributed by atoms with van der Waals surface area (Å²) in [5, 5.41) is 31.0. The third-order valence-electron chi connectivity index (χ3n) is 7.10. The minimum Gasteiger partial charge on any atom is -0.488 e. The van der Waals surface area contributed by atoms with E-state index in [9.17, 15) is 24.7 Å². The maximum absolute atomic E-state index is 14.6. The molecule has 3 N–H and O–H groups in total. The number of carbonyl (C=O) groups is 1. The lowest BCUT2D eigenvalue weighted by atomic mass is 9.96. The van der Waals surface area contributed by atoms with E-state index in [2.05, 4.69) is 10.3 Å². The van der Waals surface area contributed by atoms with Gasteiger partial charge in [0.25, 0.3) is 0 Å². The van der Waals surface area contributed by atoms with Gasteiger partial charge in [0.15, 0.2) is 0 Å². The molecular formula is C32H27ClFN3O5. The van der Waals surface area contributed by atoms with Crippen LogP contribution in [0.3, 0.4) is 0 Å². The number of carboxylic acids is 1.